The molecular formula is C18H19ClN2O3. The molecule has 2 aromatic rings. The Balaban J connectivity index is 1.67. The van der Waals surface area contributed by atoms with Crippen LogP contribution in [0, 0.1) is 0 Å². The predicted octanol–water partition coefficient (Wildman–Crippen LogP) is 3.34. The van der Waals surface area contributed by atoms with E-state index < -0.39 is 0 Å². The van der Waals surface area contributed by atoms with Crippen LogP contribution in [0.2, 0.25) is 5.02 Å². The topological polar surface area (TPSA) is 62.6 Å². The van der Waals surface area contributed by atoms with Crippen molar-refractivity contribution in [1.29, 1.82) is 0 Å². The fraction of sp³-hybridized carbons (Fsp3) is 0.333. The summed E-state index contributed by atoms with van der Waals surface area (Å²) in [6, 6.07) is 10.5. The van der Waals surface area contributed by atoms with Crippen LogP contribution >= 0.6 is 11.6 Å². The zero-order valence-corrected chi connectivity index (χ0v) is 14.2. The van der Waals surface area contributed by atoms with Crippen LogP contribution in [-0.4, -0.2) is 35.8 Å². The predicted molar refractivity (Wildman–Crippen MR) is 91.9 cm³/mol. The van der Waals surface area contributed by atoms with Crippen molar-refractivity contribution in [3.63, 3.8) is 0 Å². The Bertz CT molecular complexity index is 756. The minimum absolute atomic E-state index is 0.0818. The molecular weight excluding hydrogens is 328 g/mol. The molecule has 1 N–H and O–H groups in total. The molecule has 1 aromatic carbocycles. The molecule has 2 amide bonds. The fourth-order valence-electron chi connectivity index (χ4n) is 2.88. The summed E-state index contributed by atoms with van der Waals surface area (Å²) in [5.74, 6) is 0.523. The Morgan fingerprint density at radius 1 is 1.33 bits per heavy atom. The molecule has 1 aliphatic rings. The summed E-state index contributed by atoms with van der Waals surface area (Å²) in [4.78, 5) is 26.0. The van der Waals surface area contributed by atoms with Gasteiger partial charge in [-0.2, -0.15) is 0 Å². The van der Waals surface area contributed by atoms with E-state index in [0.29, 0.717) is 23.7 Å². The Morgan fingerprint density at radius 3 is 2.88 bits per heavy atom. The molecule has 1 fully saturated rings. The number of rotatable bonds is 5. The van der Waals surface area contributed by atoms with Crippen LogP contribution in [0.1, 0.15) is 30.3 Å². The molecule has 0 unspecified atom stereocenters. The summed E-state index contributed by atoms with van der Waals surface area (Å²) < 4.78 is 5.63. The smallest absolute Gasteiger partial charge is 0.287 e. The second-order valence-corrected chi connectivity index (χ2v) is 6.27. The largest absolute Gasteiger partial charge is 0.451 e. The normalized spacial score (nSPS) is 17.3. The van der Waals surface area contributed by atoms with Gasteiger partial charge in [-0.15, -0.1) is 0 Å². The summed E-state index contributed by atoms with van der Waals surface area (Å²) in [6.45, 7) is 3.30. The second-order valence-electron chi connectivity index (χ2n) is 5.86. The van der Waals surface area contributed by atoms with Crippen molar-refractivity contribution < 1.29 is 14.0 Å². The van der Waals surface area contributed by atoms with Gasteiger partial charge in [-0.05, 0) is 30.7 Å². The number of nitrogens with zero attached hydrogens (tertiary/aromatic N) is 1. The average Bonchev–Trinajstić information content (AvgIpc) is 3.16. The summed E-state index contributed by atoms with van der Waals surface area (Å²) in [5, 5.41) is 3.43. The first-order valence-electron chi connectivity index (χ1n) is 8.02. The molecule has 2 heterocycles. The highest BCUT2D eigenvalue weighted by atomic mass is 35.5. The highest BCUT2D eigenvalue weighted by Gasteiger charge is 2.30. The molecule has 24 heavy (non-hydrogen) atoms. The van der Waals surface area contributed by atoms with Gasteiger partial charge in [0.1, 0.15) is 5.76 Å². The van der Waals surface area contributed by atoms with Crippen molar-refractivity contribution in [2.24, 2.45) is 0 Å². The van der Waals surface area contributed by atoms with Crippen LogP contribution in [0.4, 0.5) is 0 Å². The molecule has 126 valence electrons. The molecule has 0 aliphatic carbocycles. The van der Waals surface area contributed by atoms with E-state index >= 15 is 0 Å². The van der Waals surface area contributed by atoms with Gasteiger partial charge in [-0.3, -0.25) is 9.59 Å². The lowest BCUT2D eigenvalue weighted by molar-refractivity contribution is -0.127. The molecule has 5 nitrogen and oxygen atoms in total. The first-order valence-corrected chi connectivity index (χ1v) is 8.39. The number of benzene rings is 1. The zero-order chi connectivity index (χ0) is 17.1. The maximum absolute atomic E-state index is 12.3. The Hall–Kier alpha value is -2.27. The monoisotopic (exact) mass is 346 g/mol. The van der Waals surface area contributed by atoms with Crippen molar-refractivity contribution in [3.8, 4) is 11.3 Å². The quantitative estimate of drug-likeness (QED) is 0.903. The van der Waals surface area contributed by atoms with Gasteiger partial charge in [-0.25, -0.2) is 0 Å². The minimum atomic E-state index is -0.315. The fourth-order valence-corrected chi connectivity index (χ4v) is 3.11. The summed E-state index contributed by atoms with van der Waals surface area (Å²) in [6.07, 6.45) is 1.25. The van der Waals surface area contributed by atoms with Gasteiger partial charge >= 0.3 is 0 Å². The molecule has 1 atom stereocenters. The lowest BCUT2D eigenvalue weighted by Crippen LogP contribution is -2.37. The minimum Gasteiger partial charge on any atom is -0.451 e. The summed E-state index contributed by atoms with van der Waals surface area (Å²) in [5.41, 5.74) is 0.739. The molecule has 1 aromatic heterocycles. The number of hydrogen-bond donors (Lipinski definition) is 1. The third-order valence-corrected chi connectivity index (χ3v) is 4.34. The average molecular weight is 347 g/mol. The van der Waals surface area contributed by atoms with E-state index in [0.717, 1.165) is 18.5 Å². The SMILES string of the molecule is CCCN1C[C@@H](NC(=O)c2ccc(-c3ccccc3Cl)o2)CC1=O. The van der Waals surface area contributed by atoms with Gasteiger partial charge in [0.25, 0.3) is 5.91 Å². The molecule has 0 saturated carbocycles. The van der Waals surface area contributed by atoms with Crippen molar-refractivity contribution in [2.75, 3.05) is 13.1 Å². The van der Waals surface area contributed by atoms with E-state index in [2.05, 4.69) is 5.32 Å². The number of carbonyl (C=O) groups is 2. The number of nitrogens with one attached hydrogen (secondary N) is 1. The Morgan fingerprint density at radius 2 is 2.12 bits per heavy atom. The number of carbonyl (C=O) groups excluding carboxylic acids is 2. The van der Waals surface area contributed by atoms with E-state index in [9.17, 15) is 9.59 Å². The number of halogens is 1. The molecule has 0 bridgehead atoms. The van der Waals surface area contributed by atoms with E-state index in [1.807, 2.05) is 25.1 Å². The van der Waals surface area contributed by atoms with Gasteiger partial charge in [0, 0.05) is 25.1 Å². The van der Waals surface area contributed by atoms with Crippen LogP contribution in [-0.2, 0) is 4.79 Å². The van der Waals surface area contributed by atoms with Crippen molar-refractivity contribution in [1.82, 2.24) is 10.2 Å². The van der Waals surface area contributed by atoms with Crippen molar-refractivity contribution >= 4 is 23.4 Å². The highest BCUT2D eigenvalue weighted by Crippen LogP contribution is 2.29. The molecule has 6 heteroatoms. The van der Waals surface area contributed by atoms with Gasteiger partial charge in [-0.1, -0.05) is 30.7 Å². The van der Waals surface area contributed by atoms with Crippen LogP contribution < -0.4 is 5.32 Å². The third-order valence-electron chi connectivity index (χ3n) is 4.01. The van der Waals surface area contributed by atoms with E-state index in [4.69, 9.17) is 16.0 Å². The summed E-state index contributed by atoms with van der Waals surface area (Å²) >= 11 is 6.14. The number of amides is 2. The van der Waals surface area contributed by atoms with Gasteiger partial charge in [0.05, 0.1) is 11.1 Å². The maximum atomic E-state index is 12.3. The Kier molecular flexibility index (Phi) is 4.90. The standard InChI is InChI=1S/C18H19ClN2O3/c1-2-9-21-11-12(10-17(21)22)20-18(23)16-8-7-15(24-16)13-5-3-4-6-14(13)19/h3-8,12H,2,9-11H2,1H3,(H,20,23)/t12-/m0/s1. The number of likely N-dealkylation sites (tertiary alicyclic amines) is 1. The van der Waals surface area contributed by atoms with Gasteiger partial charge in [0.15, 0.2) is 5.76 Å². The van der Waals surface area contributed by atoms with Crippen LogP contribution in [0.15, 0.2) is 40.8 Å². The van der Waals surface area contributed by atoms with Gasteiger partial charge in [0.2, 0.25) is 5.91 Å². The third kappa shape index (κ3) is 3.46. The second kappa shape index (κ2) is 7.09. The highest BCUT2D eigenvalue weighted by molar-refractivity contribution is 6.33. The lowest BCUT2D eigenvalue weighted by Gasteiger charge is -2.15. The molecule has 0 radical (unpaired) electrons. The Labute approximate surface area is 145 Å². The summed E-state index contributed by atoms with van der Waals surface area (Å²) in [7, 11) is 0. The van der Waals surface area contributed by atoms with Gasteiger partial charge < -0.3 is 14.6 Å². The zero-order valence-electron chi connectivity index (χ0n) is 13.4. The van der Waals surface area contributed by atoms with E-state index in [-0.39, 0.29) is 23.6 Å². The first-order chi connectivity index (χ1) is 11.6. The van der Waals surface area contributed by atoms with Crippen molar-refractivity contribution in [2.45, 2.75) is 25.8 Å². The lowest BCUT2D eigenvalue weighted by atomic mass is 10.2. The number of hydrogen-bond acceptors (Lipinski definition) is 3. The van der Waals surface area contributed by atoms with Crippen LogP contribution in [0.25, 0.3) is 11.3 Å². The number of furan rings is 1. The van der Waals surface area contributed by atoms with Crippen LogP contribution in [0.3, 0.4) is 0 Å². The van der Waals surface area contributed by atoms with Crippen molar-refractivity contribution in [3.05, 3.63) is 47.2 Å². The maximum Gasteiger partial charge on any atom is 0.287 e. The van der Waals surface area contributed by atoms with Crippen LogP contribution in [0.5, 0.6) is 0 Å². The van der Waals surface area contributed by atoms with E-state index in [1.165, 1.54) is 0 Å². The first kappa shape index (κ1) is 16.6. The molecule has 1 saturated heterocycles. The van der Waals surface area contributed by atoms with E-state index in [1.54, 1.807) is 23.1 Å². The molecule has 1 aliphatic heterocycles. The molecule has 3 rings (SSSR count). The molecule has 0 spiro atoms.